The van der Waals surface area contributed by atoms with Crippen LogP contribution in [0, 0.1) is 18.8 Å². The molecule has 0 bridgehead atoms. The molecule has 1 atom stereocenters. The highest BCUT2D eigenvalue weighted by atomic mass is 16.2. The third kappa shape index (κ3) is 3.53. The maximum absolute atomic E-state index is 12.6. The van der Waals surface area contributed by atoms with Crippen LogP contribution in [-0.4, -0.2) is 23.9 Å². The highest BCUT2D eigenvalue weighted by Crippen LogP contribution is 2.25. The predicted octanol–water partition coefficient (Wildman–Crippen LogP) is 3.48. The second-order valence-corrected chi connectivity index (χ2v) is 6.36. The molecular formula is C17H26N2O. The van der Waals surface area contributed by atoms with Crippen LogP contribution in [0.1, 0.15) is 49.0 Å². The van der Waals surface area contributed by atoms with E-state index in [1.807, 2.05) is 24.0 Å². The SMILES string of the molecule is Cc1cc(N)cc(C(=O)N2CCCC(C(C)C)CC2)c1. The minimum atomic E-state index is 0.129. The van der Waals surface area contributed by atoms with Crippen LogP contribution >= 0.6 is 0 Å². The van der Waals surface area contributed by atoms with Crippen LogP contribution in [0.2, 0.25) is 0 Å². The lowest BCUT2D eigenvalue weighted by atomic mass is 9.89. The van der Waals surface area contributed by atoms with Gasteiger partial charge in [0.05, 0.1) is 0 Å². The molecule has 0 aliphatic carbocycles. The van der Waals surface area contributed by atoms with E-state index < -0.39 is 0 Å². The Hall–Kier alpha value is -1.51. The summed E-state index contributed by atoms with van der Waals surface area (Å²) in [6.07, 6.45) is 3.46. The van der Waals surface area contributed by atoms with Gasteiger partial charge in [-0.05, 0) is 61.8 Å². The number of carbonyl (C=O) groups is 1. The van der Waals surface area contributed by atoms with Gasteiger partial charge in [-0.2, -0.15) is 0 Å². The molecule has 1 aromatic rings. The van der Waals surface area contributed by atoms with Gasteiger partial charge in [-0.1, -0.05) is 13.8 Å². The molecule has 1 amide bonds. The maximum atomic E-state index is 12.6. The first-order valence-electron chi connectivity index (χ1n) is 7.64. The molecule has 1 unspecified atom stereocenters. The van der Waals surface area contributed by atoms with Crippen molar-refractivity contribution in [2.45, 2.75) is 40.0 Å². The summed E-state index contributed by atoms with van der Waals surface area (Å²) < 4.78 is 0. The van der Waals surface area contributed by atoms with Gasteiger partial charge in [-0.15, -0.1) is 0 Å². The molecule has 1 fully saturated rings. The lowest BCUT2D eigenvalue weighted by molar-refractivity contribution is 0.0759. The van der Waals surface area contributed by atoms with Crippen LogP contribution < -0.4 is 5.73 Å². The molecule has 1 aliphatic rings. The molecule has 110 valence electrons. The van der Waals surface area contributed by atoms with Gasteiger partial charge in [-0.3, -0.25) is 4.79 Å². The van der Waals surface area contributed by atoms with Gasteiger partial charge in [0.2, 0.25) is 0 Å². The van der Waals surface area contributed by atoms with Gasteiger partial charge in [0.25, 0.3) is 5.91 Å². The number of anilines is 1. The van der Waals surface area contributed by atoms with Crippen LogP contribution in [0.3, 0.4) is 0 Å². The van der Waals surface area contributed by atoms with E-state index in [4.69, 9.17) is 5.73 Å². The number of nitrogens with zero attached hydrogens (tertiary/aromatic N) is 1. The normalized spacial score (nSPS) is 20.0. The van der Waals surface area contributed by atoms with Gasteiger partial charge in [-0.25, -0.2) is 0 Å². The molecule has 1 aromatic carbocycles. The molecule has 2 rings (SSSR count). The molecular weight excluding hydrogens is 248 g/mol. The Morgan fingerprint density at radius 1 is 1.25 bits per heavy atom. The number of hydrogen-bond donors (Lipinski definition) is 1. The Labute approximate surface area is 122 Å². The third-order valence-corrected chi connectivity index (χ3v) is 4.35. The van der Waals surface area contributed by atoms with E-state index in [0.717, 1.165) is 43.0 Å². The first-order chi connectivity index (χ1) is 9.47. The summed E-state index contributed by atoms with van der Waals surface area (Å²) >= 11 is 0. The standard InChI is InChI=1S/C17H26N2O/c1-12(2)14-5-4-7-19(8-6-14)17(20)15-9-13(3)10-16(18)11-15/h9-12,14H,4-8,18H2,1-3H3. The fourth-order valence-corrected chi connectivity index (χ4v) is 3.11. The number of nitrogens with two attached hydrogens (primary N) is 1. The molecule has 1 heterocycles. The van der Waals surface area contributed by atoms with Gasteiger partial charge in [0.15, 0.2) is 0 Å². The number of amides is 1. The van der Waals surface area contributed by atoms with Crippen molar-refractivity contribution in [2.75, 3.05) is 18.8 Å². The number of hydrogen-bond acceptors (Lipinski definition) is 2. The minimum Gasteiger partial charge on any atom is -0.399 e. The monoisotopic (exact) mass is 274 g/mol. The van der Waals surface area contributed by atoms with E-state index >= 15 is 0 Å². The molecule has 2 N–H and O–H groups in total. The van der Waals surface area contributed by atoms with Crippen molar-refractivity contribution in [3.05, 3.63) is 29.3 Å². The van der Waals surface area contributed by atoms with Crippen molar-refractivity contribution < 1.29 is 4.79 Å². The van der Waals surface area contributed by atoms with Crippen LogP contribution in [0.4, 0.5) is 5.69 Å². The van der Waals surface area contributed by atoms with Gasteiger partial charge < -0.3 is 10.6 Å². The largest absolute Gasteiger partial charge is 0.399 e. The Bertz CT molecular complexity index is 462. The average Bonchev–Trinajstić information content (AvgIpc) is 2.62. The Balaban J connectivity index is 2.09. The minimum absolute atomic E-state index is 0.129. The van der Waals surface area contributed by atoms with E-state index in [1.54, 1.807) is 6.07 Å². The summed E-state index contributed by atoms with van der Waals surface area (Å²) in [4.78, 5) is 14.6. The fourth-order valence-electron chi connectivity index (χ4n) is 3.11. The van der Waals surface area contributed by atoms with Crippen molar-refractivity contribution in [2.24, 2.45) is 11.8 Å². The van der Waals surface area contributed by atoms with Crippen LogP contribution in [-0.2, 0) is 0 Å². The fraction of sp³-hybridized carbons (Fsp3) is 0.588. The van der Waals surface area contributed by atoms with E-state index in [0.29, 0.717) is 11.6 Å². The Morgan fingerprint density at radius 2 is 2.00 bits per heavy atom. The van der Waals surface area contributed by atoms with Crippen LogP contribution in [0.5, 0.6) is 0 Å². The summed E-state index contributed by atoms with van der Waals surface area (Å²) in [5, 5.41) is 0. The molecule has 0 radical (unpaired) electrons. The zero-order chi connectivity index (χ0) is 14.7. The summed E-state index contributed by atoms with van der Waals surface area (Å²) in [5.74, 6) is 1.58. The number of rotatable bonds is 2. The molecule has 0 spiro atoms. The molecule has 1 saturated heterocycles. The lowest BCUT2D eigenvalue weighted by Crippen LogP contribution is -2.32. The van der Waals surface area contributed by atoms with Gasteiger partial charge in [0.1, 0.15) is 0 Å². The summed E-state index contributed by atoms with van der Waals surface area (Å²) in [7, 11) is 0. The highest BCUT2D eigenvalue weighted by molar-refractivity contribution is 5.95. The van der Waals surface area contributed by atoms with Crippen LogP contribution in [0.25, 0.3) is 0 Å². The highest BCUT2D eigenvalue weighted by Gasteiger charge is 2.23. The molecule has 0 aromatic heterocycles. The molecule has 3 nitrogen and oxygen atoms in total. The quantitative estimate of drug-likeness (QED) is 0.839. The summed E-state index contributed by atoms with van der Waals surface area (Å²) in [6, 6.07) is 5.62. The maximum Gasteiger partial charge on any atom is 0.253 e. The average molecular weight is 274 g/mol. The second kappa shape index (κ2) is 6.29. The van der Waals surface area contributed by atoms with Gasteiger partial charge >= 0.3 is 0 Å². The zero-order valence-corrected chi connectivity index (χ0v) is 12.9. The number of aryl methyl sites for hydroxylation is 1. The number of likely N-dealkylation sites (tertiary alicyclic amines) is 1. The number of benzene rings is 1. The molecule has 1 aliphatic heterocycles. The van der Waals surface area contributed by atoms with Crippen molar-refractivity contribution in [1.82, 2.24) is 4.90 Å². The Morgan fingerprint density at radius 3 is 2.65 bits per heavy atom. The smallest absolute Gasteiger partial charge is 0.253 e. The van der Waals surface area contributed by atoms with E-state index in [9.17, 15) is 4.79 Å². The van der Waals surface area contributed by atoms with Crippen molar-refractivity contribution >= 4 is 11.6 Å². The first kappa shape index (κ1) is 14.9. The summed E-state index contributed by atoms with van der Waals surface area (Å²) in [6.45, 7) is 8.28. The Kier molecular flexibility index (Phi) is 4.69. The van der Waals surface area contributed by atoms with Crippen LogP contribution in [0.15, 0.2) is 18.2 Å². The van der Waals surface area contributed by atoms with E-state index in [1.165, 1.54) is 6.42 Å². The predicted molar refractivity (Wildman–Crippen MR) is 83.7 cm³/mol. The summed E-state index contributed by atoms with van der Waals surface area (Å²) in [5.41, 5.74) is 8.29. The van der Waals surface area contributed by atoms with Gasteiger partial charge in [0, 0.05) is 24.3 Å². The molecule has 3 heteroatoms. The molecule has 20 heavy (non-hydrogen) atoms. The number of carbonyl (C=O) groups excluding carboxylic acids is 1. The topological polar surface area (TPSA) is 46.3 Å². The van der Waals surface area contributed by atoms with Crippen molar-refractivity contribution in [3.63, 3.8) is 0 Å². The molecule has 0 saturated carbocycles. The second-order valence-electron chi connectivity index (χ2n) is 6.36. The van der Waals surface area contributed by atoms with E-state index in [-0.39, 0.29) is 5.91 Å². The number of nitrogen functional groups attached to an aromatic ring is 1. The third-order valence-electron chi connectivity index (χ3n) is 4.35. The van der Waals surface area contributed by atoms with E-state index in [2.05, 4.69) is 13.8 Å². The lowest BCUT2D eigenvalue weighted by Gasteiger charge is -2.22. The van der Waals surface area contributed by atoms with Crippen molar-refractivity contribution in [1.29, 1.82) is 0 Å². The van der Waals surface area contributed by atoms with Crippen molar-refractivity contribution in [3.8, 4) is 0 Å². The zero-order valence-electron chi connectivity index (χ0n) is 12.9. The first-order valence-corrected chi connectivity index (χ1v) is 7.64.